The largest absolute Gasteiger partial charge is 0.469 e. The lowest BCUT2D eigenvalue weighted by Crippen LogP contribution is -2.61. The van der Waals surface area contributed by atoms with Gasteiger partial charge in [-0.3, -0.25) is 4.79 Å². The number of allylic oxidation sites excluding steroid dienone is 2. The van der Waals surface area contributed by atoms with Gasteiger partial charge in [0.15, 0.2) is 5.78 Å². The van der Waals surface area contributed by atoms with Crippen LogP contribution in [0.1, 0.15) is 65.7 Å². The number of hydrogen-bond donors (Lipinski definition) is 2. The standard InChI is InChI=1S/C26H37NO5/c1-14(6-9-23(31)32-5)16-7-8-17-24-18(12-22(30)26(16,17)3)25(2)13-19(27-4)20(28)10-15(25)11-21(24)29/h13-18,21-22,24,29-30H,6-12H2,1-3,5H3/t14-,15+,16-,17+,18+,21-,22+,24+,25+,26-/m1/s1. The molecule has 0 unspecified atom stereocenters. The maximum Gasteiger partial charge on any atom is 0.305 e. The average molecular weight is 444 g/mol. The van der Waals surface area contributed by atoms with E-state index in [0.29, 0.717) is 25.7 Å². The minimum Gasteiger partial charge on any atom is -0.469 e. The minimum atomic E-state index is -0.507. The molecule has 4 aliphatic carbocycles. The number of fused-ring (bicyclic) bond motifs is 5. The van der Waals surface area contributed by atoms with Crippen LogP contribution in [0.4, 0.5) is 0 Å². The molecule has 0 spiro atoms. The molecule has 0 heterocycles. The van der Waals surface area contributed by atoms with E-state index in [4.69, 9.17) is 11.3 Å². The van der Waals surface area contributed by atoms with E-state index in [9.17, 15) is 19.8 Å². The number of hydrogen-bond acceptors (Lipinski definition) is 5. The zero-order valence-electron chi connectivity index (χ0n) is 19.7. The van der Waals surface area contributed by atoms with Crippen molar-refractivity contribution in [2.75, 3.05) is 7.11 Å². The van der Waals surface area contributed by atoms with Crippen LogP contribution in [-0.2, 0) is 14.3 Å². The number of methoxy groups -OCH3 is 1. The van der Waals surface area contributed by atoms with Gasteiger partial charge >= 0.3 is 5.97 Å². The molecule has 3 saturated carbocycles. The Morgan fingerprint density at radius 1 is 1.28 bits per heavy atom. The van der Waals surface area contributed by atoms with E-state index >= 15 is 0 Å². The summed E-state index contributed by atoms with van der Waals surface area (Å²) in [6.45, 7) is 13.9. The van der Waals surface area contributed by atoms with Crippen LogP contribution in [0.15, 0.2) is 11.8 Å². The Morgan fingerprint density at radius 3 is 2.66 bits per heavy atom. The number of esters is 1. The number of ketones is 1. The quantitative estimate of drug-likeness (QED) is 0.510. The van der Waals surface area contributed by atoms with Crippen molar-refractivity contribution >= 4 is 11.8 Å². The minimum absolute atomic E-state index is 0.0180. The predicted molar refractivity (Wildman–Crippen MR) is 119 cm³/mol. The van der Waals surface area contributed by atoms with Crippen LogP contribution in [0.5, 0.6) is 0 Å². The monoisotopic (exact) mass is 443 g/mol. The highest BCUT2D eigenvalue weighted by atomic mass is 16.5. The Bertz CT molecular complexity index is 861. The fourth-order valence-electron chi connectivity index (χ4n) is 8.37. The molecule has 3 fully saturated rings. The van der Waals surface area contributed by atoms with Gasteiger partial charge in [0.1, 0.15) is 0 Å². The summed E-state index contributed by atoms with van der Waals surface area (Å²) >= 11 is 0. The maximum atomic E-state index is 12.4. The van der Waals surface area contributed by atoms with Gasteiger partial charge in [-0.1, -0.05) is 26.8 Å². The maximum absolute atomic E-state index is 12.4. The van der Waals surface area contributed by atoms with Gasteiger partial charge in [-0.15, -0.1) is 0 Å². The first-order chi connectivity index (χ1) is 15.1. The second-order valence-electron chi connectivity index (χ2n) is 11.3. The highest BCUT2D eigenvalue weighted by molar-refractivity contribution is 5.98. The summed E-state index contributed by atoms with van der Waals surface area (Å²) in [4.78, 5) is 27.6. The van der Waals surface area contributed by atoms with E-state index in [1.54, 1.807) is 0 Å². The van der Waals surface area contributed by atoms with Crippen molar-refractivity contribution < 1.29 is 24.5 Å². The van der Waals surface area contributed by atoms with Crippen molar-refractivity contribution in [3.63, 3.8) is 0 Å². The summed E-state index contributed by atoms with van der Waals surface area (Å²) in [5.41, 5.74) is -0.436. The van der Waals surface area contributed by atoms with Crippen LogP contribution in [0.3, 0.4) is 0 Å². The third-order valence-corrected chi connectivity index (χ3v) is 10.2. The highest BCUT2D eigenvalue weighted by Crippen LogP contribution is 2.67. The van der Waals surface area contributed by atoms with Crippen LogP contribution >= 0.6 is 0 Å². The van der Waals surface area contributed by atoms with Crippen LogP contribution in [0.2, 0.25) is 0 Å². The molecule has 0 aromatic heterocycles. The third-order valence-electron chi connectivity index (χ3n) is 10.2. The van der Waals surface area contributed by atoms with Gasteiger partial charge in [0.25, 0.3) is 0 Å². The highest BCUT2D eigenvalue weighted by Gasteiger charge is 2.65. The molecule has 4 rings (SSSR count). The molecule has 10 atom stereocenters. The predicted octanol–water partition coefficient (Wildman–Crippen LogP) is 3.77. The Labute approximate surface area is 191 Å². The number of nitrogens with zero attached hydrogens (tertiary/aromatic N) is 1. The smallest absolute Gasteiger partial charge is 0.305 e. The molecule has 0 bridgehead atoms. The second-order valence-corrected chi connectivity index (χ2v) is 11.3. The number of aliphatic hydroxyl groups is 2. The molecular formula is C26H37NO5. The first-order valence-electron chi connectivity index (χ1n) is 12.1. The first kappa shape index (κ1) is 23.4. The topological polar surface area (TPSA) is 88.2 Å². The van der Waals surface area contributed by atoms with E-state index in [0.717, 1.165) is 19.3 Å². The molecule has 32 heavy (non-hydrogen) atoms. The van der Waals surface area contributed by atoms with E-state index in [1.165, 1.54) is 7.11 Å². The van der Waals surface area contributed by atoms with Gasteiger partial charge in [0.05, 0.1) is 25.9 Å². The number of ether oxygens (including phenoxy) is 1. The number of carbonyl (C=O) groups excluding carboxylic acids is 2. The molecule has 0 amide bonds. The summed E-state index contributed by atoms with van der Waals surface area (Å²) in [5.74, 6) is 0.568. The van der Waals surface area contributed by atoms with E-state index in [2.05, 4.69) is 25.6 Å². The van der Waals surface area contributed by atoms with Crippen LogP contribution in [0.25, 0.3) is 4.85 Å². The van der Waals surface area contributed by atoms with Gasteiger partial charge < -0.3 is 19.7 Å². The molecule has 4 aliphatic rings. The molecule has 0 aliphatic heterocycles. The molecule has 0 aromatic carbocycles. The van der Waals surface area contributed by atoms with Crippen LogP contribution < -0.4 is 0 Å². The second kappa shape index (κ2) is 8.25. The van der Waals surface area contributed by atoms with Gasteiger partial charge in [-0.05, 0) is 78.4 Å². The molecule has 6 heteroatoms. The van der Waals surface area contributed by atoms with Crippen molar-refractivity contribution in [2.45, 2.75) is 77.9 Å². The average Bonchev–Trinajstić information content (AvgIpc) is 3.12. The molecule has 0 aromatic rings. The summed E-state index contributed by atoms with van der Waals surface area (Å²) in [6.07, 6.45) is 5.42. The lowest BCUT2D eigenvalue weighted by Gasteiger charge is -2.62. The number of Topliss-reactive ketones (excluding diaryl/α,β-unsaturated/α-hetero) is 1. The van der Waals surface area contributed by atoms with Gasteiger partial charge in [0, 0.05) is 12.8 Å². The Morgan fingerprint density at radius 2 is 2.00 bits per heavy atom. The van der Waals surface area contributed by atoms with E-state index < -0.39 is 12.2 Å². The Hall–Kier alpha value is -1.71. The number of carbonyl (C=O) groups is 2. The molecule has 6 nitrogen and oxygen atoms in total. The molecular weight excluding hydrogens is 406 g/mol. The molecule has 176 valence electrons. The SMILES string of the molecule is [C-]#[N+]C1=C[C@@]2(C)[C@@H](CC1=O)C[C@@H](O)[C@@H]1[C@@H]2C[C@H](O)[C@]2(C)[C@@H]([C@H](C)CCC(=O)OC)CC[C@@H]12. The molecule has 0 saturated heterocycles. The van der Waals surface area contributed by atoms with Crippen molar-refractivity contribution in [3.05, 3.63) is 23.2 Å². The first-order valence-corrected chi connectivity index (χ1v) is 12.1. The summed E-state index contributed by atoms with van der Waals surface area (Å²) in [5, 5.41) is 22.9. The molecule has 2 N–H and O–H groups in total. The third kappa shape index (κ3) is 3.35. The number of aliphatic hydroxyl groups excluding tert-OH is 2. The van der Waals surface area contributed by atoms with Crippen LogP contribution in [0, 0.1) is 52.9 Å². The fourth-order valence-corrected chi connectivity index (χ4v) is 8.37. The van der Waals surface area contributed by atoms with Crippen molar-refractivity contribution in [1.29, 1.82) is 0 Å². The van der Waals surface area contributed by atoms with Gasteiger partial charge in [-0.25, -0.2) is 4.85 Å². The summed E-state index contributed by atoms with van der Waals surface area (Å²) in [7, 11) is 1.41. The zero-order chi connectivity index (χ0) is 23.4. The fraction of sp³-hybridized carbons (Fsp3) is 0.808. The lowest BCUT2D eigenvalue weighted by molar-refractivity contribution is -0.186. The lowest BCUT2D eigenvalue weighted by atomic mass is 9.44. The van der Waals surface area contributed by atoms with Crippen molar-refractivity contribution in [1.82, 2.24) is 0 Å². The molecule has 0 radical (unpaired) electrons. The Kier molecular flexibility index (Phi) is 6.05. The summed E-state index contributed by atoms with van der Waals surface area (Å²) < 4.78 is 4.82. The zero-order valence-corrected chi connectivity index (χ0v) is 19.7. The van der Waals surface area contributed by atoms with E-state index in [-0.39, 0.29) is 63.8 Å². The van der Waals surface area contributed by atoms with Gasteiger partial charge in [-0.2, -0.15) is 0 Å². The Balaban J connectivity index is 1.64. The van der Waals surface area contributed by atoms with Crippen molar-refractivity contribution in [2.24, 2.45) is 46.3 Å². The van der Waals surface area contributed by atoms with E-state index in [1.807, 2.05) is 6.08 Å². The number of rotatable bonds is 4. The van der Waals surface area contributed by atoms with Gasteiger partial charge in [0.2, 0.25) is 5.70 Å². The van der Waals surface area contributed by atoms with Crippen LogP contribution in [-0.4, -0.2) is 41.3 Å². The normalized spacial score (nSPS) is 46.2. The summed E-state index contributed by atoms with van der Waals surface area (Å²) in [6, 6.07) is 0. The van der Waals surface area contributed by atoms with Crippen molar-refractivity contribution in [3.8, 4) is 0 Å².